The van der Waals surface area contributed by atoms with Crippen molar-refractivity contribution in [2.45, 2.75) is 24.7 Å². The number of hydrogen-bond donors (Lipinski definition) is 1. The topological polar surface area (TPSA) is 68.5 Å². The Morgan fingerprint density at radius 1 is 1.50 bits per heavy atom. The highest BCUT2D eigenvalue weighted by atomic mass is 19.4. The molecule has 0 spiro atoms. The Morgan fingerprint density at radius 3 is 2.65 bits per heavy atom. The summed E-state index contributed by atoms with van der Waals surface area (Å²) in [7, 11) is 1.51. The van der Waals surface area contributed by atoms with Gasteiger partial charge in [0.05, 0.1) is 11.7 Å². The van der Waals surface area contributed by atoms with Crippen LogP contribution in [-0.2, 0) is 15.7 Å². The quantitative estimate of drug-likeness (QED) is 0.907. The van der Waals surface area contributed by atoms with Crippen molar-refractivity contribution in [3.05, 3.63) is 23.9 Å². The lowest BCUT2D eigenvalue weighted by Gasteiger charge is -2.23. The van der Waals surface area contributed by atoms with Crippen molar-refractivity contribution >= 4 is 11.7 Å². The normalized spacial score (nSPS) is 23.1. The number of aromatic nitrogens is 1. The molecule has 1 amide bonds. The zero-order chi connectivity index (χ0) is 14.9. The van der Waals surface area contributed by atoms with E-state index in [1.165, 1.54) is 13.2 Å². The van der Waals surface area contributed by atoms with Crippen LogP contribution in [0.2, 0.25) is 0 Å². The average molecular weight is 289 g/mol. The van der Waals surface area contributed by atoms with E-state index in [1.807, 2.05) is 0 Å². The molecule has 5 nitrogen and oxygen atoms in total. The summed E-state index contributed by atoms with van der Waals surface area (Å²) in [6.07, 6.45) is -3.49. The van der Waals surface area contributed by atoms with Crippen LogP contribution in [0, 0.1) is 0 Å². The van der Waals surface area contributed by atoms with Crippen LogP contribution in [0.3, 0.4) is 0 Å². The molecule has 1 aromatic heterocycles. The third-order valence-corrected chi connectivity index (χ3v) is 3.29. The Labute approximate surface area is 113 Å². The Balaban J connectivity index is 2.23. The van der Waals surface area contributed by atoms with Crippen LogP contribution < -0.4 is 10.6 Å². The summed E-state index contributed by atoms with van der Waals surface area (Å²) in [5, 5.41) is 0. The smallest absolute Gasteiger partial charge is 0.380 e. The SMILES string of the molecule is CO[C@H]1C[C@@H](C(N)=O)N(c2ccc(C(F)(F)F)cn2)C1. The van der Waals surface area contributed by atoms with Crippen molar-refractivity contribution in [1.82, 2.24) is 4.98 Å². The Bertz CT molecular complexity index is 490. The number of methoxy groups -OCH3 is 1. The van der Waals surface area contributed by atoms with Gasteiger partial charge in [0.1, 0.15) is 11.9 Å². The third-order valence-electron chi connectivity index (χ3n) is 3.29. The van der Waals surface area contributed by atoms with Crippen LogP contribution in [0.4, 0.5) is 19.0 Å². The highest BCUT2D eigenvalue weighted by Crippen LogP contribution is 2.31. The molecule has 2 N–H and O–H groups in total. The molecule has 0 saturated carbocycles. The predicted octanol–water partition coefficient (Wildman–Crippen LogP) is 1.18. The van der Waals surface area contributed by atoms with Crippen molar-refractivity contribution in [1.29, 1.82) is 0 Å². The molecule has 2 heterocycles. The number of halogens is 3. The number of rotatable bonds is 3. The van der Waals surface area contributed by atoms with Gasteiger partial charge in [0.25, 0.3) is 0 Å². The molecule has 8 heteroatoms. The molecule has 0 bridgehead atoms. The Morgan fingerprint density at radius 2 is 2.20 bits per heavy atom. The van der Waals surface area contributed by atoms with Crippen molar-refractivity contribution < 1.29 is 22.7 Å². The summed E-state index contributed by atoms with van der Waals surface area (Å²) in [4.78, 5) is 16.7. The van der Waals surface area contributed by atoms with Crippen LogP contribution >= 0.6 is 0 Å². The zero-order valence-corrected chi connectivity index (χ0v) is 10.7. The van der Waals surface area contributed by atoms with E-state index >= 15 is 0 Å². The minimum atomic E-state index is -4.44. The second-order valence-corrected chi connectivity index (χ2v) is 4.57. The minimum absolute atomic E-state index is 0.198. The molecule has 1 aliphatic rings. The molecule has 1 fully saturated rings. The molecule has 1 aromatic rings. The summed E-state index contributed by atoms with van der Waals surface area (Å²) >= 11 is 0. The standard InChI is InChI=1S/C12H14F3N3O2/c1-20-8-4-9(11(16)19)18(6-8)10-3-2-7(5-17-10)12(13,14)15/h2-3,5,8-9H,4,6H2,1H3,(H2,16,19)/t8-,9-/m0/s1. The summed E-state index contributed by atoms with van der Waals surface area (Å²) in [5.74, 6) is -0.271. The molecular formula is C12H14F3N3O2. The zero-order valence-electron chi connectivity index (χ0n) is 10.7. The third kappa shape index (κ3) is 2.84. The van der Waals surface area contributed by atoms with Crippen LogP contribution in [0.15, 0.2) is 18.3 Å². The van der Waals surface area contributed by atoms with Gasteiger partial charge < -0.3 is 15.4 Å². The van der Waals surface area contributed by atoms with E-state index in [2.05, 4.69) is 4.98 Å². The molecule has 0 unspecified atom stereocenters. The number of pyridine rings is 1. The lowest BCUT2D eigenvalue weighted by Crippen LogP contribution is -2.40. The first-order valence-electron chi connectivity index (χ1n) is 5.95. The number of ether oxygens (including phenoxy) is 1. The number of carbonyl (C=O) groups excluding carboxylic acids is 1. The lowest BCUT2D eigenvalue weighted by atomic mass is 10.2. The Hall–Kier alpha value is -1.83. The van der Waals surface area contributed by atoms with Gasteiger partial charge in [0.15, 0.2) is 0 Å². The largest absolute Gasteiger partial charge is 0.417 e. The van der Waals surface area contributed by atoms with Crippen molar-refractivity contribution in [3.63, 3.8) is 0 Å². The van der Waals surface area contributed by atoms with Crippen molar-refractivity contribution in [2.75, 3.05) is 18.6 Å². The number of carbonyl (C=O) groups is 1. The van der Waals surface area contributed by atoms with Crippen LogP contribution in [0.1, 0.15) is 12.0 Å². The summed E-state index contributed by atoms with van der Waals surface area (Å²) in [5.41, 5.74) is 4.46. The number of nitrogens with two attached hydrogens (primary N) is 1. The molecule has 0 aromatic carbocycles. The van der Waals surface area contributed by atoms with Crippen molar-refractivity contribution in [2.24, 2.45) is 5.73 Å². The van der Waals surface area contributed by atoms with Gasteiger partial charge in [-0.25, -0.2) is 4.98 Å². The number of alkyl halides is 3. The predicted molar refractivity (Wildman–Crippen MR) is 65.0 cm³/mol. The first kappa shape index (κ1) is 14.6. The monoisotopic (exact) mass is 289 g/mol. The highest BCUT2D eigenvalue weighted by Gasteiger charge is 2.37. The number of nitrogens with zero attached hydrogens (tertiary/aromatic N) is 2. The number of amides is 1. The molecule has 1 aliphatic heterocycles. The van der Waals surface area contributed by atoms with Gasteiger partial charge in [0.2, 0.25) is 5.91 Å². The van der Waals surface area contributed by atoms with E-state index in [0.29, 0.717) is 13.0 Å². The van der Waals surface area contributed by atoms with Gasteiger partial charge in [-0.15, -0.1) is 0 Å². The summed E-state index contributed by atoms with van der Waals surface area (Å²) in [6.45, 7) is 0.364. The second-order valence-electron chi connectivity index (χ2n) is 4.57. The van der Waals surface area contributed by atoms with E-state index in [9.17, 15) is 18.0 Å². The molecule has 20 heavy (non-hydrogen) atoms. The molecule has 0 radical (unpaired) electrons. The maximum absolute atomic E-state index is 12.5. The lowest BCUT2D eigenvalue weighted by molar-refractivity contribution is -0.137. The number of anilines is 1. The van der Waals surface area contributed by atoms with Crippen LogP contribution in [0.25, 0.3) is 0 Å². The molecule has 2 rings (SSSR count). The first-order valence-corrected chi connectivity index (χ1v) is 5.95. The fourth-order valence-corrected chi connectivity index (χ4v) is 2.21. The van der Waals surface area contributed by atoms with Crippen LogP contribution in [-0.4, -0.2) is 36.7 Å². The Kier molecular flexibility index (Phi) is 3.85. The fourth-order valence-electron chi connectivity index (χ4n) is 2.21. The van der Waals surface area contributed by atoms with Crippen molar-refractivity contribution in [3.8, 4) is 0 Å². The van der Waals surface area contributed by atoms with Crippen LogP contribution in [0.5, 0.6) is 0 Å². The van der Waals surface area contributed by atoms with Gasteiger partial charge >= 0.3 is 6.18 Å². The second kappa shape index (κ2) is 5.28. The van der Waals surface area contributed by atoms with E-state index in [1.54, 1.807) is 4.90 Å². The number of hydrogen-bond acceptors (Lipinski definition) is 4. The first-order chi connectivity index (χ1) is 9.32. The maximum atomic E-state index is 12.5. The van der Waals surface area contributed by atoms with E-state index in [4.69, 9.17) is 10.5 Å². The molecule has 1 saturated heterocycles. The van der Waals surface area contributed by atoms with E-state index in [0.717, 1.165) is 12.3 Å². The molecule has 2 atom stereocenters. The van der Waals surface area contributed by atoms with Gasteiger partial charge in [-0.3, -0.25) is 4.79 Å². The van der Waals surface area contributed by atoms with E-state index < -0.39 is 23.7 Å². The number of primary amides is 1. The van der Waals surface area contributed by atoms with Gasteiger partial charge in [-0.2, -0.15) is 13.2 Å². The van der Waals surface area contributed by atoms with Gasteiger partial charge in [-0.1, -0.05) is 0 Å². The van der Waals surface area contributed by atoms with Gasteiger partial charge in [0, 0.05) is 26.3 Å². The average Bonchev–Trinajstić information content (AvgIpc) is 2.82. The summed E-state index contributed by atoms with van der Waals surface area (Å²) in [6, 6.07) is 1.54. The fraction of sp³-hybridized carbons (Fsp3) is 0.500. The molecular weight excluding hydrogens is 275 g/mol. The summed E-state index contributed by atoms with van der Waals surface area (Å²) < 4.78 is 42.6. The minimum Gasteiger partial charge on any atom is -0.380 e. The molecule has 0 aliphatic carbocycles. The maximum Gasteiger partial charge on any atom is 0.417 e. The van der Waals surface area contributed by atoms with E-state index in [-0.39, 0.29) is 11.9 Å². The highest BCUT2D eigenvalue weighted by molar-refractivity contribution is 5.84. The van der Waals surface area contributed by atoms with Gasteiger partial charge in [-0.05, 0) is 12.1 Å². The molecule has 110 valence electrons.